The first kappa shape index (κ1) is 32.8. The minimum atomic E-state index is -4.46. The number of halogens is 4. The topological polar surface area (TPSA) is 81.0 Å². The normalized spacial score (nSPS) is 15.3. The first-order valence-electron chi connectivity index (χ1n) is 15.3. The summed E-state index contributed by atoms with van der Waals surface area (Å²) in [6.45, 7) is 2.01. The van der Waals surface area contributed by atoms with Crippen molar-refractivity contribution in [3.05, 3.63) is 94.9 Å². The van der Waals surface area contributed by atoms with Gasteiger partial charge in [-0.2, -0.15) is 13.2 Å². The third kappa shape index (κ3) is 6.98. The van der Waals surface area contributed by atoms with Gasteiger partial charge in [-0.1, -0.05) is 25.1 Å². The molecule has 1 unspecified atom stereocenters. The summed E-state index contributed by atoms with van der Waals surface area (Å²) in [5, 5.41) is 10.6. The van der Waals surface area contributed by atoms with E-state index >= 15 is 0 Å². The number of carboxylic acid groups (broad SMARTS) is 1. The lowest BCUT2D eigenvalue weighted by Crippen LogP contribution is -2.45. The number of methoxy groups -OCH3 is 1. The van der Waals surface area contributed by atoms with Crippen LogP contribution in [0.15, 0.2) is 66.7 Å². The van der Waals surface area contributed by atoms with Crippen LogP contribution in [0.25, 0.3) is 10.9 Å². The van der Waals surface area contributed by atoms with Gasteiger partial charge in [0.2, 0.25) is 5.91 Å². The van der Waals surface area contributed by atoms with Gasteiger partial charge in [-0.15, -0.1) is 0 Å². The molecule has 0 fully saturated rings. The smallest absolute Gasteiger partial charge is 0.416 e. The number of aromatic nitrogens is 1. The molecule has 0 radical (unpaired) electrons. The molecular formula is C35H36F4N2O5. The van der Waals surface area contributed by atoms with Crippen molar-refractivity contribution in [1.29, 1.82) is 0 Å². The van der Waals surface area contributed by atoms with Crippen LogP contribution in [0.1, 0.15) is 54.6 Å². The number of hydrogen-bond acceptors (Lipinski definition) is 4. The van der Waals surface area contributed by atoms with E-state index in [0.717, 1.165) is 29.0 Å². The standard InChI is InChI=1S/C35H36F4N2O5/c1-3-29(34(43)44)41-30-15-11-24(36)20-27(30)28-21-25(12-16-31(28)41)40(33(42)17-8-22-6-4-5-7-32(22)45-2)18-19-46-26-13-9-23(10-14-26)35(37,38)39/h4-7,9-11,13-15,20,25,29H,3,8,12,16-19,21H2,1-2H3,(H,43,44)/t25-,29?/m0/s1. The molecule has 0 saturated heterocycles. The number of benzene rings is 3. The molecule has 0 saturated carbocycles. The van der Waals surface area contributed by atoms with E-state index in [1.54, 1.807) is 29.6 Å². The minimum absolute atomic E-state index is 0.0441. The summed E-state index contributed by atoms with van der Waals surface area (Å²) in [6.07, 6.45) is -2.09. The Morgan fingerprint density at radius 2 is 1.83 bits per heavy atom. The van der Waals surface area contributed by atoms with E-state index in [0.29, 0.717) is 48.8 Å². The second kappa shape index (κ2) is 13.8. The van der Waals surface area contributed by atoms with Crippen LogP contribution < -0.4 is 9.47 Å². The van der Waals surface area contributed by atoms with E-state index in [1.807, 2.05) is 24.3 Å². The Kier molecular flexibility index (Phi) is 9.88. The van der Waals surface area contributed by atoms with Crippen LogP contribution in [-0.4, -0.2) is 52.8 Å². The quantitative estimate of drug-likeness (QED) is 0.165. The van der Waals surface area contributed by atoms with Crippen LogP contribution in [-0.2, 0) is 35.0 Å². The number of nitrogens with zero attached hydrogens (tertiary/aromatic N) is 2. The molecule has 3 aromatic carbocycles. The van der Waals surface area contributed by atoms with Gasteiger partial charge in [-0.25, -0.2) is 9.18 Å². The number of fused-ring (bicyclic) bond motifs is 3. The van der Waals surface area contributed by atoms with Crippen molar-refractivity contribution < 1.29 is 41.7 Å². The zero-order chi connectivity index (χ0) is 33.0. The van der Waals surface area contributed by atoms with Gasteiger partial charge in [0.15, 0.2) is 0 Å². The summed E-state index contributed by atoms with van der Waals surface area (Å²) < 4.78 is 66.5. The molecule has 1 aliphatic carbocycles. The van der Waals surface area contributed by atoms with Crippen molar-refractivity contribution in [3.63, 3.8) is 0 Å². The van der Waals surface area contributed by atoms with E-state index in [2.05, 4.69) is 0 Å². The Bertz CT molecular complexity index is 1700. The highest BCUT2D eigenvalue weighted by molar-refractivity contribution is 5.88. The average Bonchev–Trinajstić information content (AvgIpc) is 3.34. The molecule has 5 rings (SSSR count). The van der Waals surface area contributed by atoms with Crippen LogP contribution in [0.5, 0.6) is 11.5 Å². The minimum Gasteiger partial charge on any atom is -0.496 e. The number of carbonyl (C=O) groups is 2. The van der Waals surface area contributed by atoms with Crippen molar-refractivity contribution in [2.45, 2.75) is 63.7 Å². The van der Waals surface area contributed by atoms with Gasteiger partial charge in [0, 0.05) is 29.1 Å². The highest BCUT2D eigenvalue weighted by atomic mass is 19.4. The van der Waals surface area contributed by atoms with Crippen LogP contribution in [0.2, 0.25) is 0 Å². The number of carbonyl (C=O) groups excluding carboxylic acids is 1. The Labute approximate surface area is 264 Å². The Balaban J connectivity index is 1.41. The summed E-state index contributed by atoms with van der Waals surface area (Å²) in [7, 11) is 1.57. The number of amides is 1. The second-order valence-corrected chi connectivity index (χ2v) is 11.4. The number of rotatable bonds is 12. The number of carboxylic acids is 1. The van der Waals surface area contributed by atoms with Crippen LogP contribution in [0.4, 0.5) is 17.6 Å². The summed E-state index contributed by atoms with van der Waals surface area (Å²) in [6, 6.07) is 15.1. The van der Waals surface area contributed by atoms with Gasteiger partial charge in [-0.05, 0) is 91.8 Å². The van der Waals surface area contributed by atoms with Crippen LogP contribution >= 0.6 is 0 Å². The molecule has 46 heavy (non-hydrogen) atoms. The fourth-order valence-electron chi connectivity index (χ4n) is 6.44. The van der Waals surface area contributed by atoms with Crippen molar-refractivity contribution in [2.24, 2.45) is 0 Å². The number of ether oxygens (including phenoxy) is 2. The monoisotopic (exact) mass is 640 g/mol. The predicted molar refractivity (Wildman–Crippen MR) is 165 cm³/mol. The highest BCUT2D eigenvalue weighted by Gasteiger charge is 2.34. The van der Waals surface area contributed by atoms with E-state index in [4.69, 9.17) is 9.47 Å². The van der Waals surface area contributed by atoms with Crippen molar-refractivity contribution in [1.82, 2.24) is 9.47 Å². The Morgan fingerprint density at radius 3 is 2.50 bits per heavy atom. The molecule has 0 spiro atoms. The van der Waals surface area contributed by atoms with Crippen molar-refractivity contribution in [3.8, 4) is 11.5 Å². The fraction of sp³-hybridized carbons (Fsp3) is 0.371. The summed E-state index contributed by atoms with van der Waals surface area (Å²) >= 11 is 0. The number of para-hydroxylation sites is 1. The maximum atomic E-state index is 14.5. The molecule has 1 N–H and O–H groups in total. The highest BCUT2D eigenvalue weighted by Crippen LogP contribution is 2.37. The van der Waals surface area contributed by atoms with Gasteiger partial charge < -0.3 is 24.0 Å². The third-order valence-electron chi connectivity index (χ3n) is 8.66. The predicted octanol–water partition coefficient (Wildman–Crippen LogP) is 7.24. The molecular weight excluding hydrogens is 604 g/mol. The molecule has 1 amide bonds. The molecule has 7 nitrogen and oxygen atoms in total. The lowest BCUT2D eigenvalue weighted by Gasteiger charge is -2.35. The molecule has 1 heterocycles. The summed E-state index contributed by atoms with van der Waals surface area (Å²) in [5.41, 5.74) is 2.38. The van der Waals surface area contributed by atoms with Gasteiger partial charge in [0.05, 0.1) is 19.2 Å². The van der Waals surface area contributed by atoms with Gasteiger partial charge >= 0.3 is 12.1 Å². The molecule has 0 bridgehead atoms. The number of aliphatic carboxylic acids is 1. The average molecular weight is 641 g/mol. The van der Waals surface area contributed by atoms with Gasteiger partial charge in [-0.3, -0.25) is 4.79 Å². The second-order valence-electron chi connectivity index (χ2n) is 11.4. The third-order valence-corrected chi connectivity index (χ3v) is 8.66. The van der Waals surface area contributed by atoms with E-state index in [-0.39, 0.29) is 37.3 Å². The van der Waals surface area contributed by atoms with Crippen LogP contribution in [0.3, 0.4) is 0 Å². The molecule has 2 atom stereocenters. The van der Waals surface area contributed by atoms with Gasteiger partial charge in [0.25, 0.3) is 0 Å². The Hall–Kier alpha value is -4.54. The zero-order valence-electron chi connectivity index (χ0n) is 25.6. The van der Waals surface area contributed by atoms with E-state index < -0.39 is 29.6 Å². The largest absolute Gasteiger partial charge is 0.496 e. The summed E-state index contributed by atoms with van der Waals surface area (Å²) in [4.78, 5) is 27.8. The molecule has 244 valence electrons. The molecule has 4 aromatic rings. The van der Waals surface area contributed by atoms with Gasteiger partial charge in [0.1, 0.15) is 30.0 Å². The molecule has 0 aliphatic heterocycles. The van der Waals surface area contributed by atoms with Crippen LogP contribution in [0, 0.1) is 5.82 Å². The summed E-state index contributed by atoms with van der Waals surface area (Å²) in [5.74, 6) is -0.621. The molecule has 1 aliphatic rings. The zero-order valence-corrected chi connectivity index (χ0v) is 25.6. The maximum absolute atomic E-state index is 14.5. The fourth-order valence-corrected chi connectivity index (χ4v) is 6.44. The van der Waals surface area contributed by atoms with E-state index in [1.165, 1.54) is 24.3 Å². The molecule has 11 heteroatoms. The first-order chi connectivity index (χ1) is 22.0. The number of alkyl halides is 3. The van der Waals surface area contributed by atoms with E-state index in [9.17, 15) is 32.3 Å². The van der Waals surface area contributed by atoms with Crippen molar-refractivity contribution >= 4 is 22.8 Å². The maximum Gasteiger partial charge on any atom is 0.416 e. The SMILES string of the molecule is CCC(C(=O)O)n1c2c(c3cc(F)ccc31)C[C@@H](N(CCOc1ccc(C(F)(F)F)cc1)C(=O)CCc1ccccc1OC)CC2. The first-order valence-corrected chi connectivity index (χ1v) is 15.3. The number of aryl methyl sites for hydroxylation is 1. The lowest BCUT2D eigenvalue weighted by molar-refractivity contribution is -0.141. The Morgan fingerprint density at radius 1 is 1.09 bits per heavy atom. The molecule has 1 aromatic heterocycles. The van der Waals surface area contributed by atoms with Crippen molar-refractivity contribution in [2.75, 3.05) is 20.3 Å². The lowest BCUT2D eigenvalue weighted by atomic mass is 9.89. The number of hydrogen-bond donors (Lipinski definition) is 1.